The second-order valence-corrected chi connectivity index (χ2v) is 12.7. The first-order chi connectivity index (χ1) is 16.6. The Hall–Kier alpha value is -3.01. The van der Waals surface area contributed by atoms with Crippen LogP contribution >= 0.6 is 0 Å². The summed E-state index contributed by atoms with van der Waals surface area (Å²) in [6.45, 7) is 1.66. The number of amides is 2. The Bertz CT molecular complexity index is 1360. The molecule has 2 aliphatic carbocycles. The summed E-state index contributed by atoms with van der Waals surface area (Å²) in [6, 6.07) is 10.4. The van der Waals surface area contributed by atoms with Crippen LogP contribution in [0, 0.1) is 6.92 Å². The molecule has 2 fully saturated rings. The number of hydrogen-bond acceptors (Lipinski definition) is 5. The van der Waals surface area contributed by atoms with Gasteiger partial charge in [0.05, 0.1) is 4.75 Å². The third-order valence-electron chi connectivity index (χ3n) is 7.57. The number of aryl methyl sites for hydroxylation is 1. The first-order valence-electron chi connectivity index (χ1n) is 11.8. The molecule has 1 N–H and O–H groups in total. The Labute approximate surface area is 203 Å². The lowest BCUT2D eigenvalue weighted by Crippen LogP contribution is -2.51. The van der Waals surface area contributed by atoms with E-state index in [9.17, 15) is 27.2 Å². The first kappa shape index (κ1) is 23.7. The van der Waals surface area contributed by atoms with Gasteiger partial charge < -0.3 is 14.8 Å². The van der Waals surface area contributed by atoms with E-state index in [1.807, 2.05) is 31.2 Å². The van der Waals surface area contributed by atoms with Crippen LogP contribution in [0.1, 0.15) is 57.7 Å². The minimum Gasteiger partial charge on any atom is -0.348 e. The molecule has 2 saturated carbocycles. The SMILES string of the molecule is Cc1ccc(CNC(=O)c2ccc3n(c2=O)CCN(CC2(S(=O)(=O)C4(CF)CC4)CC2)C3=O)cc1. The number of benzene rings is 1. The highest BCUT2D eigenvalue weighted by Gasteiger charge is 2.68. The van der Waals surface area contributed by atoms with Gasteiger partial charge in [0.1, 0.15) is 22.7 Å². The van der Waals surface area contributed by atoms with E-state index in [1.54, 1.807) is 0 Å². The van der Waals surface area contributed by atoms with Crippen LogP contribution in [0.5, 0.6) is 0 Å². The number of nitrogens with zero attached hydrogens (tertiary/aromatic N) is 2. The summed E-state index contributed by atoms with van der Waals surface area (Å²) in [6.07, 6.45) is 1.48. The molecule has 186 valence electrons. The zero-order valence-corrected chi connectivity index (χ0v) is 20.4. The van der Waals surface area contributed by atoms with E-state index in [2.05, 4.69) is 5.32 Å². The summed E-state index contributed by atoms with van der Waals surface area (Å²) in [4.78, 5) is 40.2. The minimum atomic E-state index is -3.71. The van der Waals surface area contributed by atoms with Crippen LogP contribution in [0.15, 0.2) is 41.2 Å². The standard InChI is InChI=1S/C25H28FN3O5S/c1-17-2-4-18(5-3-17)14-27-21(30)19-6-7-20-23(32)28(12-13-29(20)22(19)31)16-25(10-11-25)35(33,34)24(15-26)8-9-24/h2-7H,8-16H2,1H3,(H,27,30). The third kappa shape index (κ3) is 3.87. The Morgan fingerprint density at radius 1 is 1.00 bits per heavy atom. The Morgan fingerprint density at radius 2 is 1.66 bits per heavy atom. The minimum absolute atomic E-state index is 0.00287. The average Bonchev–Trinajstić information content (AvgIpc) is 3.76. The highest BCUT2D eigenvalue weighted by molar-refractivity contribution is 7.94. The number of hydrogen-bond donors (Lipinski definition) is 1. The fourth-order valence-corrected chi connectivity index (χ4v) is 7.52. The summed E-state index contributed by atoms with van der Waals surface area (Å²) >= 11 is 0. The van der Waals surface area contributed by atoms with Gasteiger partial charge in [-0.15, -0.1) is 0 Å². The number of fused-ring (bicyclic) bond motifs is 1. The van der Waals surface area contributed by atoms with Gasteiger partial charge in [-0.25, -0.2) is 12.8 Å². The van der Waals surface area contributed by atoms with Crippen LogP contribution in [0.4, 0.5) is 4.39 Å². The molecule has 5 rings (SSSR count). The third-order valence-corrected chi connectivity index (χ3v) is 10.9. The summed E-state index contributed by atoms with van der Waals surface area (Å²) in [7, 11) is -3.71. The molecule has 2 aromatic rings. The monoisotopic (exact) mass is 501 g/mol. The molecular formula is C25H28FN3O5S. The predicted molar refractivity (Wildman–Crippen MR) is 128 cm³/mol. The molecule has 0 radical (unpaired) electrons. The summed E-state index contributed by atoms with van der Waals surface area (Å²) in [5.74, 6) is -0.976. The van der Waals surface area contributed by atoms with Crippen molar-refractivity contribution in [3.8, 4) is 0 Å². The molecule has 1 aromatic heterocycles. The second kappa shape index (κ2) is 8.29. The van der Waals surface area contributed by atoms with Gasteiger partial charge >= 0.3 is 0 Å². The van der Waals surface area contributed by atoms with E-state index in [0.717, 1.165) is 11.1 Å². The second-order valence-electron chi connectivity index (χ2n) is 9.99. The van der Waals surface area contributed by atoms with Gasteiger partial charge in [-0.05, 0) is 50.3 Å². The predicted octanol–water partition coefficient (Wildman–Crippen LogP) is 1.99. The molecule has 0 saturated heterocycles. The number of carbonyl (C=O) groups excluding carboxylic acids is 2. The molecule has 2 heterocycles. The maximum absolute atomic E-state index is 13.5. The number of pyridine rings is 1. The maximum Gasteiger partial charge on any atom is 0.270 e. The topological polar surface area (TPSA) is 106 Å². The normalized spacial score (nSPS) is 19.7. The van der Waals surface area contributed by atoms with Crippen LogP contribution in [0.3, 0.4) is 0 Å². The molecule has 3 aliphatic rings. The van der Waals surface area contributed by atoms with Crippen molar-refractivity contribution < 1.29 is 22.4 Å². The summed E-state index contributed by atoms with van der Waals surface area (Å²) in [5.41, 5.74) is 1.52. The first-order valence-corrected chi connectivity index (χ1v) is 13.3. The lowest BCUT2D eigenvalue weighted by molar-refractivity contribution is 0.0694. The number of carbonyl (C=O) groups is 2. The number of halogens is 1. The van der Waals surface area contributed by atoms with E-state index >= 15 is 0 Å². The number of alkyl halides is 1. The zero-order valence-electron chi connectivity index (χ0n) is 19.5. The molecule has 35 heavy (non-hydrogen) atoms. The lowest BCUT2D eigenvalue weighted by Gasteiger charge is -2.33. The van der Waals surface area contributed by atoms with Gasteiger partial charge in [0, 0.05) is 26.2 Å². The molecule has 0 spiro atoms. The van der Waals surface area contributed by atoms with Gasteiger partial charge in [-0.3, -0.25) is 14.4 Å². The largest absolute Gasteiger partial charge is 0.348 e. The highest BCUT2D eigenvalue weighted by Crippen LogP contribution is 2.56. The van der Waals surface area contributed by atoms with E-state index < -0.39 is 43.4 Å². The lowest BCUT2D eigenvalue weighted by atomic mass is 10.1. The average molecular weight is 502 g/mol. The van der Waals surface area contributed by atoms with Crippen molar-refractivity contribution in [2.75, 3.05) is 19.8 Å². The van der Waals surface area contributed by atoms with Crippen molar-refractivity contribution >= 4 is 21.7 Å². The van der Waals surface area contributed by atoms with Crippen LogP contribution < -0.4 is 10.9 Å². The Kier molecular flexibility index (Phi) is 5.62. The fourth-order valence-electron chi connectivity index (χ4n) is 4.85. The van der Waals surface area contributed by atoms with E-state index in [1.165, 1.54) is 21.6 Å². The number of rotatable bonds is 8. The molecule has 2 amide bonds. The van der Waals surface area contributed by atoms with Crippen LogP contribution in [0.25, 0.3) is 0 Å². The van der Waals surface area contributed by atoms with Crippen molar-refractivity contribution in [3.05, 3.63) is 69.1 Å². The van der Waals surface area contributed by atoms with Crippen LogP contribution in [0.2, 0.25) is 0 Å². The van der Waals surface area contributed by atoms with Crippen molar-refractivity contribution in [3.63, 3.8) is 0 Å². The molecule has 1 aliphatic heterocycles. The summed E-state index contributed by atoms with van der Waals surface area (Å²) < 4.78 is 38.7. The van der Waals surface area contributed by atoms with Gasteiger partial charge in [0.15, 0.2) is 9.84 Å². The molecule has 8 nitrogen and oxygen atoms in total. The quantitative estimate of drug-likeness (QED) is 0.596. The molecule has 0 atom stereocenters. The van der Waals surface area contributed by atoms with Gasteiger partial charge in [0.25, 0.3) is 17.4 Å². The van der Waals surface area contributed by atoms with Crippen LogP contribution in [-0.4, -0.2) is 59.0 Å². The zero-order chi connectivity index (χ0) is 25.0. The Balaban J connectivity index is 1.31. The van der Waals surface area contributed by atoms with Gasteiger partial charge in [-0.2, -0.15) is 0 Å². The molecule has 0 unspecified atom stereocenters. The number of nitrogens with one attached hydrogen (secondary N) is 1. The van der Waals surface area contributed by atoms with E-state index in [0.29, 0.717) is 25.7 Å². The van der Waals surface area contributed by atoms with Crippen molar-refractivity contribution in [1.82, 2.24) is 14.8 Å². The molecular weight excluding hydrogens is 473 g/mol. The van der Waals surface area contributed by atoms with Gasteiger partial charge in [0.2, 0.25) is 0 Å². The van der Waals surface area contributed by atoms with E-state index in [-0.39, 0.29) is 37.4 Å². The fraction of sp³-hybridized carbons (Fsp3) is 0.480. The van der Waals surface area contributed by atoms with Crippen molar-refractivity contribution in [2.24, 2.45) is 0 Å². The Morgan fingerprint density at radius 3 is 2.26 bits per heavy atom. The molecule has 0 bridgehead atoms. The van der Waals surface area contributed by atoms with Crippen LogP contribution in [-0.2, 0) is 22.9 Å². The number of sulfone groups is 1. The molecule has 1 aromatic carbocycles. The van der Waals surface area contributed by atoms with E-state index in [4.69, 9.17) is 0 Å². The highest BCUT2D eigenvalue weighted by atomic mass is 32.2. The number of aromatic nitrogens is 1. The van der Waals surface area contributed by atoms with Crippen molar-refractivity contribution in [2.45, 2.75) is 55.2 Å². The van der Waals surface area contributed by atoms with Crippen molar-refractivity contribution in [1.29, 1.82) is 0 Å². The molecule has 10 heteroatoms. The van der Waals surface area contributed by atoms with Gasteiger partial charge in [-0.1, -0.05) is 29.8 Å². The smallest absolute Gasteiger partial charge is 0.270 e. The summed E-state index contributed by atoms with van der Waals surface area (Å²) in [5, 5.41) is 2.74. The maximum atomic E-state index is 13.5.